The minimum absolute atomic E-state index is 0.00849. The van der Waals surface area contributed by atoms with E-state index in [2.05, 4.69) is 20.8 Å². The molecule has 3 rings (SSSR count). The lowest BCUT2D eigenvalue weighted by atomic mass is 10.2. The van der Waals surface area contributed by atoms with Crippen molar-refractivity contribution in [3.8, 4) is 0 Å². The number of carbonyl (C=O) groups excluding carboxylic acids is 1. The molecular formula is C16H12F2N4O2. The smallest absolute Gasteiger partial charge is 0.255 e. The van der Waals surface area contributed by atoms with Crippen LogP contribution in [0.2, 0.25) is 0 Å². The molecule has 0 aliphatic carbocycles. The van der Waals surface area contributed by atoms with Crippen LogP contribution in [0.4, 0.5) is 26.1 Å². The van der Waals surface area contributed by atoms with E-state index in [-0.39, 0.29) is 5.56 Å². The lowest BCUT2D eigenvalue weighted by Crippen LogP contribution is -2.12. The summed E-state index contributed by atoms with van der Waals surface area (Å²) < 4.78 is 31.0. The summed E-state index contributed by atoms with van der Waals surface area (Å²) in [5, 5.41) is 9.25. The predicted octanol–water partition coefficient (Wildman–Crippen LogP) is 3.65. The number of halogens is 2. The number of aryl methyl sites for hydroxylation is 1. The Kier molecular flexibility index (Phi) is 4.19. The molecule has 0 radical (unpaired) electrons. The van der Waals surface area contributed by atoms with Crippen molar-refractivity contribution in [3.05, 3.63) is 65.6 Å². The lowest BCUT2D eigenvalue weighted by Gasteiger charge is -2.06. The van der Waals surface area contributed by atoms with Gasteiger partial charge in [0.1, 0.15) is 11.6 Å². The third-order valence-corrected chi connectivity index (χ3v) is 3.09. The Bertz CT molecular complexity index is 878. The summed E-state index contributed by atoms with van der Waals surface area (Å²) in [5.41, 5.74) is 0.417. The first-order valence-electron chi connectivity index (χ1n) is 6.94. The topological polar surface area (TPSA) is 80.0 Å². The largest absolute Gasteiger partial charge is 0.360 e. The molecule has 0 bridgehead atoms. The van der Waals surface area contributed by atoms with Crippen molar-refractivity contribution in [1.82, 2.24) is 10.1 Å². The van der Waals surface area contributed by atoms with E-state index in [1.165, 1.54) is 12.3 Å². The van der Waals surface area contributed by atoms with E-state index in [9.17, 15) is 13.6 Å². The number of benzene rings is 1. The van der Waals surface area contributed by atoms with Gasteiger partial charge in [-0.3, -0.25) is 4.79 Å². The molecule has 1 aromatic carbocycles. The van der Waals surface area contributed by atoms with E-state index in [4.69, 9.17) is 4.52 Å². The van der Waals surface area contributed by atoms with Gasteiger partial charge in [0, 0.05) is 11.6 Å². The van der Waals surface area contributed by atoms with Crippen LogP contribution in [-0.4, -0.2) is 16.0 Å². The Morgan fingerprint density at radius 2 is 1.92 bits per heavy atom. The summed E-state index contributed by atoms with van der Waals surface area (Å²) in [5.74, 6) is -0.973. The summed E-state index contributed by atoms with van der Waals surface area (Å²) >= 11 is 0. The van der Waals surface area contributed by atoms with Gasteiger partial charge < -0.3 is 15.2 Å². The molecule has 0 aliphatic rings. The monoisotopic (exact) mass is 330 g/mol. The number of nitrogens with one attached hydrogen (secondary N) is 2. The van der Waals surface area contributed by atoms with Crippen molar-refractivity contribution in [3.63, 3.8) is 0 Å². The predicted molar refractivity (Wildman–Crippen MR) is 83.1 cm³/mol. The van der Waals surface area contributed by atoms with Gasteiger partial charge in [0.25, 0.3) is 5.91 Å². The van der Waals surface area contributed by atoms with Crippen molar-refractivity contribution >= 4 is 23.2 Å². The third-order valence-electron chi connectivity index (χ3n) is 3.09. The average Bonchev–Trinajstić information content (AvgIpc) is 2.97. The molecule has 0 fully saturated rings. The number of rotatable bonds is 4. The SMILES string of the molecule is Cc1cc(Nc2ccc(NC(=O)c3ccc(F)c(F)c3)cn2)no1. The van der Waals surface area contributed by atoms with Crippen LogP contribution in [0.15, 0.2) is 47.1 Å². The van der Waals surface area contributed by atoms with Crippen molar-refractivity contribution < 1.29 is 18.1 Å². The number of hydrogen-bond acceptors (Lipinski definition) is 5. The fraction of sp³-hybridized carbons (Fsp3) is 0.0625. The van der Waals surface area contributed by atoms with Crippen LogP contribution >= 0.6 is 0 Å². The van der Waals surface area contributed by atoms with Crippen molar-refractivity contribution in [1.29, 1.82) is 0 Å². The summed E-state index contributed by atoms with van der Waals surface area (Å²) in [6.45, 7) is 1.77. The maximum absolute atomic E-state index is 13.2. The second kappa shape index (κ2) is 6.45. The summed E-state index contributed by atoms with van der Waals surface area (Å²) in [6.07, 6.45) is 1.42. The summed E-state index contributed by atoms with van der Waals surface area (Å²) in [7, 11) is 0. The summed E-state index contributed by atoms with van der Waals surface area (Å²) in [4.78, 5) is 16.1. The maximum atomic E-state index is 13.2. The number of aromatic nitrogens is 2. The number of carbonyl (C=O) groups is 1. The van der Waals surface area contributed by atoms with Crippen LogP contribution in [0.5, 0.6) is 0 Å². The van der Waals surface area contributed by atoms with E-state index >= 15 is 0 Å². The van der Waals surface area contributed by atoms with Crippen molar-refractivity contribution in [2.24, 2.45) is 0 Å². The molecule has 1 amide bonds. The van der Waals surface area contributed by atoms with Crippen LogP contribution in [-0.2, 0) is 0 Å². The molecule has 24 heavy (non-hydrogen) atoms. The zero-order chi connectivity index (χ0) is 17.1. The molecule has 2 N–H and O–H groups in total. The lowest BCUT2D eigenvalue weighted by molar-refractivity contribution is 0.102. The van der Waals surface area contributed by atoms with Gasteiger partial charge in [-0.05, 0) is 37.3 Å². The molecule has 8 heteroatoms. The zero-order valence-corrected chi connectivity index (χ0v) is 12.5. The van der Waals surface area contributed by atoms with Crippen LogP contribution in [0.3, 0.4) is 0 Å². The second-order valence-corrected chi connectivity index (χ2v) is 4.96. The Morgan fingerprint density at radius 1 is 1.08 bits per heavy atom. The van der Waals surface area contributed by atoms with Gasteiger partial charge >= 0.3 is 0 Å². The number of amides is 1. The molecule has 0 unspecified atom stereocenters. The van der Waals surface area contributed by atoms with E-state index in [1.54, 1.807) is 25.1 Å². The fourth-order valence-corrected chi connectivity index (χ4v) is 1.94. The van der Waals surface area contributed by atoms with Gasteiger partial charge in [0.2, 0.25) is 0 Å². The molecule has 2 aromatic heterocycles. The average molecular weight is 330 g/mol. The molecule has 122 valence electrons. The molecule has 0 saturated carbocycles. The quantitative estimate of drug-likeness (QED) is 0.763. The molecule has 3 aromatic rings. The first kappa shape index (κ1) is 15.6. The standard InChI is InChI=1S/C16H12F2N4O2/c1-9-6-15(22-24-9)21-14-5-3-11(8-19-14)20-16(23)10-2-4-12(17)13(18)7-10/h2-8H,1H3,(H,20,23)(H,19,21,22). The highest BCUT2D eigenvalue weighted by Crippen LogP contribution is 2.17. The van der Waals surface area contributed by atoms with Crippen LogP contribution in [0.25, 0.3) is 0 Å². The van der Waals surface area contributed by atoms with Gasteiger partial charge in [-0.25, -0.2) is 13.8 Å². The highest BCUT2D eigenvalue weighted by atomic mass is 19.2. The van der Waals surface area contributed by atoms with Gasteiger partial charge in [0.05, 0.1) is 11.9 Å². The zero-order valence-electron chi connectivity index (χ0n) is 12.5. The molecule has 2 heterocycles. The van der Waals surface area contributed by atoms with Gasteiger partial charge in [0.15, 0.2) is 17.5 Å². The fourth-order valence-electron chi connectivity index (χ4n) is 1.94. The van der Waals surface area contributed by atoms with Crippen molar-refractivity contribution in [2.75, 3.05) is 10.6 Å². The van der Waals surface area contributed by atoms with Gasteiger partial charge in [-0.15, -0.1) is 0 Å². The van der Waals surface area contributed by atoms with Crippen molar-refractivity contribution in [2.45, 2.75) is 6.92 Å². The highest BCUT2D eigenvalue weighted by Gasteiger charge is 2.10. The number of anilines is 3. The normalized spacial score (nSPS) is 10.5. The minimum atomic E-state index is -1.08. The molecule has 0 aliphatic heterocycles. The molecule has 0 saturated heterocycles. The Balaban J connectivity index is 1.67. The molecule has 0 spiro atoms. The van der Waals surface area contributed by atoms with E-state index in [0.717, 1.165) is 12.1 Å². The summed E-state index contributed by atoms with van der Waals surface area (Å²) in [6, 6.07) is 7.88. The highest BCUT2D eigenvalue weighted by molar-refractivity contribution is 6.04. The van der Waals surface area contributed by atoms with Gasteiger partial charge in [-0.2, -0.15) is 0 Å². The van der Waals surface area contributed by atoms with E-state index in [1.807, 2.05) is 0 Å². The van der Waals surface area contributed by atoms with Gasteiger partial charge in [-0.1, -0.05) is 5.16 Å². The molecule has 0 atom stereocenters. The minimum Gasteiger partial charge on any atom is -0.360 e. The Morgan fingerprint density at radius 3 is 2.54 bits per heavy atom. The first-order valence-corrected chi connectivity index (χ1v) is 6.94. The van der Waals surface area contributed by atoms with Crippen LogP contribution in [0.1, 0.15) is 16.1 Å². The number of hydrogen-bond donors (Lipinski definition) is 2. The molecular weight excluding hydrogens is 318 g/mol. The van der Waals surface area contributed by atoms with Crippen LogP contribution in [0, 0.1) is 18.6 Å². The Hall–Kier alpha value is -3.29. The maximum Gasteiger partial charge on any atom is 0.255 e. The number of pyridine rings is 1. The van der Waals surface area contributed by atoms with Crippen LogP contribution < -0.4 is 10.6 Å². The van der Waals surface area contributed by atoms with E-state index in [0.29, 0.717) is 23.1 Å². The molecule has 6 nitrogen and oxygen atoms in total. The third kappa shape index (κ3) is 3.54. The second-order valence-electron chi connectivity index (χ2n) is 4.96. The van der Waals surface area contributed by atoms with E-state index < -0.39 is 17.5 Å². The number of nitrogens with zero attached hydrogens (tertiary/aromatic N) is 2. The Labute approximate surface area is 135 Å². The first-order chi connectivity index (χ1) is 11.5.